The zero-order valence-electron chi connectivity index (χ0n) is 11.6. The van der Waals surface area contributed by atoms with E-state index in [0.29, 0.717) is 17.0 Å². The number of ether oxygens (including phenoxy) is 2. The molecule has 0 aliphatic carbocycles. The Morgan fingerprint density at radius 1 is 1.15 bits per heavy atom. The van der Waals surface area contributed by atoms with Gasteiger partial charge in [0.15, 0.2) is 11.5 Å². The van der Waals surface area contributed by atoms with E-state index in [2.05, 4.69) is 34.5 Å². The van der Waals surface area contributed by atoms with Crippen LogP contribution in [0.5, 0.6) is 11.5 Å². The quantitative estimate of drug-likeness (QED) is 0.679. The molecule has 0 unspecified atom stereocenters. The Kier molecular flexibility index (Phi) is 6.17. The normalized spacial score (nSPS) is 13.4. The van der Waals surface area contributed by atoms with Crippen molar-refractivity contribution in [3.8, 4) is 11.5 Å². The van der Waals surface area contributed by atoms with Crippen LogP contribution in [0.15, 0.2) is 22.7 Å². The topological polar surface area (TPSA) is 18.5 Å². The van der Waals surface area contributed by atoms with Crippen LogP contribution >= 0.6 is 15.9 Å². The largest absolute Gasteiger partial charge is 0.573 e. The van der Waals surface area contributed by atoms with E-state index in [4.69, 9.17) is 4.74 Å². The van der Waals surface area contributed by atoms with E-state index in [1.54, 1.807) is 6.07 Å². The average molecular weight is 355 g/mol. The van der Waals surface area contributed by atoms with Crippen molar-refractivity contribution in [3.63, 3.8) is 0 Å². The highest BCUT2D eigenvalue weighted by Crippen LogP contribution is 2.35. The molecule has 0 spiro atoms. The summed E-state index contributed by atoms with van der Waals surface area (Å²) in [6, 6.07) is 4.33. The molecular weight excluding hydrogens is 337 g/mol. The van der Waals surface area contributed by atoms with E-state index < -0.39 is 6.36 Å². The van der Waals surface area contributed by atoms with Crippen molar-refractivity contribution in [1.82, 2.24) is 0 Å². The predicted octanol–water partition coefficient (Wildman–Crippen LogP) is 5.41. The van der Waals surface area contributed by atoms with Gasteiger partial charge in [-0.05, 0) is 36.5 Å². The minimum absolute atomic E-state index is 0.0983. The van der Waals surface area contributed by atoms with Gasteiger partial charge >= 0.3 is 6.36 Å². The monoisotopic (exact) mass is 354 g/mol. The second-order valence-electron chi connectivity index (χ2n) is 5.18. The summed E-state index contributed by atoms with van der Waals surface area (Å²) in [5, 5.41) is 0. The second kappa shape index (κ2) is 7.20. The van der Waals surface area contributed by atoms with Crippen LogP contribution in [0.25, 0.3) is 0 Å². The lowest BCUT2D eigenvalue weighted by molar-refractivity contribution is -0.275. The van der Waals surface area contributed by atoms with Gasteiger partial charge in [0.2, 0.25) is 0 Å². The molecule has 1 atom stereocenters. The molecule has 0 heterocycles. The van der Waals surface area contributed by atoms with Gasteiger partial charge in [0.25, 0.3) is 0 Å². The zero-order valence-corrected chi connectivity index (χ0v) is 13.2. The molecule has 0 radical (unpaired) electrons. The Bertz CT molecular complexity index is 433. The van der Waals surface area contributed by atoms with Crippen molar-refractivity contribution < 1.29 is 22.6 Å². The summed E-state index contributed by atoms with van der Waals surface area (Å²) < 4.78 is 46.9. The molecule has 0 fully saturated rings. The van der Waals surface area contributed by atoms with Gasteiger partial charge in [-0.25, -0.2) is 0 Å². The van der Waals surface area contributed by atoms with Crippen molar-refractivity contribution in [2.24, 2.45) is 11.8 Å². The molecule has 0 aliphatic rings. The summed E-state index contributed by atoms with van der Waals surface area (Å²) >= 11 is 3.11. The third kappa shape index (κ3) is 6.50. The average Bonchev–Trinajstić information content (AvgIpc) is 2.24. The molecule has 0 saturated heterocycles. The summed E-state index contributed by atoms with van der Waals surface area (Å²) in [6.07, 6.45) is -3.78. The number of alkyl halides is 3. The van der Waals surface area contributed by atoms with Crippen LogP contribution < -0.4 is 9.47 Å². The summed E-state index contributed by atoms with van der Waals surface area (Å²) in [4.78, 5) is 0. The molecule has 20 heavy (non-hydrogen) atoms. The molecule has 0 aliphatic heterocycles. The maximum Gasteiger partial charge on any atom is 0.573 e. The van der Waals surface area contributed by atoms with Gasteiger partial charge in [-0.3, -0.25) is 0 Å². The molecule has 0 amide bonds. The Hall–Kier alpha value is -0.910. The lowest BCUT2D eigenvalue weighted by atomic mass is 10.00. The minimum atomic E-state index is -4.73. The van der Waals surface area contributed by atoms with Gasteiger partial charge in [0.1, 0.15) is 0 Å². The molecule has 1 aromatic carbocycles. The second-order valence-corrected chi connectivity index (χ2v) is 6.10. The van der Waals surface area contributed by atoms with Gasteiger partial charge in [0, 0.05) is 4.47 Å². The molecule has 2 nitrogen and oxygen atoms in total. The zero-order chi connectivity index (χ0) is 15.3. The van der Waals surface area contributed by atoms with Gasteiger partial charge in [-0.15, -0.1) is 13.2 Å². The van der Waals surface area contributed by atoms with Crippen LogP contribution in [0.2, 0.25) is 0 Å². The van der Waals surface area contributed by atoms with Gasteiger partial charge in [-0.2, -0.15) is 0 Å². The predicted molar refractivity (Wildman–Crippen MR) is 74.9 cm³/mol. The third-order valence-electron chi connectivity index (χ3n) is 2.53. The van der Waals surface area contributed by atoms with Crippen LogP contribution in [-0.4, -0.2) is 13.0 Å². The summed E-state index contributed by atoms with van der Waals surface area (Å²) in [5.74, 6) is 0.548. The first kappa shape index (κ1) is 17.1. The van der Waals surface area contributed by atoms with E-state index in [9.17, 15) is 13.2 Å². The lowest BCUT2D eigenvalue weighted by Gasteiger charge is -2.18. The fourth-order valence-electron chi connectivity index (χ4n) is 1.91. The van der Waals surface area contributed by atoms with E-state index in [-0.39, 0.29) is 17.4 Å². The summed E-state index contributed by atoms with van der Waals surface area (Å²) in [6.45, 7) is 6.54. The number of rotatable bonds is 6. The maximum atomic E-state index is 12.3. The van der Waals surface area contributed by atoms with Crippen LogP contribution in [-0.2, 0) is 0 Å². The van der Waals surface area contributed by atoms with E-state index in [1.165, 1.54) is 12.1 Å². The SMILES string of the molecule is CC(C)C[C@H](C)COc1ccc(Br)cc1OC(F)(F)F. The van der Waals surface area contributed by atoms with Gasteiger partial charge in [0.05, 0.1) is 6.61 Å². The van der Waals surface area contributed by atoms with Crippen LogP contribution in [0, 0.1) is 11.8 Å². The summed E-state index contributed by atoms with van der Waals surface area (Å²) in [7, 11) is 0. The van der Waals surface area contributed by atoms with Crippen molar-refractivity contribution in [1.29, 1.82) is 0 Å². The first-order chi connectivity index (χ1) is 9.17. The van der Waals surface area contributed by atoms with Crippen molar-refractivity contribution in [2.45, 2.75) is 33.6 Å². The number of benzene rings is 1. The minimum Gasteiger partial charge on any atom is -0.489 e. The third-order valence-corrected chi connectivity index (χ3v) is 3.02. The molecule has 0 saturated carbocycles. The van der Waals surface area contributed by atoms with Crippen molar-refractivity contribution >= 4 is 15.9 Å². The molecule has 6 heteroatoms. The Labute approximate surface area is 125 Å². The smallest absolute Gasteiger partial charge is 0.489 e. The molecule has 0 bridgehead atoms. The van der Waals surface area contributed by atoms with E-state index >= 15 is 0 Å². The highest BCUT2D eigenvalue weighted by Gasteiger charge is 2.32. The molecule has 1 aromatic rings. The lowest BCUT2D eigenvalue weighted by Crippen LogP contribution is -2.18. The van der Waals surface area contributed by atoms with E-state index in [1.807, 2.05) is 6.92 Å². The number of hydrogen-bond donors (Lipinski definition) is 0. The standard InChI is InChI=1S/C14H18BrF3O2/c1-9(2)6-10(3)8-19-12-5-4-11(15)7-13(12)20-14(16,17)18/h4-5,7,9-10H,6,8H2,1-3H3/t10-/m0/s1. The van der Waals surface area contributed by atoms with Gasteiger partial charge < -0.3 is 9.47 Å². The van der Waals surface area contributed by atoms with E-state index in [0.717, 1.165) is 6.42 Å². The Morgan fingerprint density at radius 3 is 2.35 bits per heavy atom. The molecule has 0 N–H and O–H groups in total. The first-order valence-electron chi connectivity index (χ1n) is 6.35. The number of halogens is 4. The Balaban J connectivity index is 2.74. The van der Waals surface area contributed by atoms with Crippen molar-refractivity contribution in [3.05, 3.63) is 22.7 Å². The fourth-order valence-corrected chi connectivity index (χ4v) is 2.25. The highest BCUT2D eigenvalue weighted by molar-refractivity contribution is 9.10. The maximum absolute atomic E-state index is 12.3. The van der Waals surface area contributed by atoms with Crippen LogP contribution in [0.1, 0.15) is 27.2 Å². The van der Waals surface area contributed by atoms with Crippen molar-refractivity contribution in [2.75, 3.05) is 6.61 Å². The Morgan fingerprint density at radius 2 is 1.80 bits per heavy atom. The fraction of sp³-hybridized carbons (Fsp3) is 0.571. The van der Waals surface area contributed by atoms with Crippen LogP contribution in [0.3, 0.4) is 0 Å². The molecule has 0 aromatic heterocycles. The summed E-state index contributed by atoms with van der Waals surface area (Å²) in [5.41, 5.74) is 0. The van der Waals surface area contributed by atoms with Gasteiger partial charge in [-0.1, -0.05) is 36.7 Å². The highest BCUT2D eigenvalue weighted by atomic mass is 79.9. The van der Waals surface area contributed by atoms with Crippen LogP contribution in [0.4, 0.5) is 13.2 Å². The number of hydrogen-bond acceptors (Lipinski definition) is 2. The first-order valence-corrected chi connectivity index (χ1v) is 7.14. The molecule has 114 valence electrons. The molecular formula is C14H18BrF3O2. The molecule has 1 rings (SSSR count).